The Morgan fingerprint density at radius 2 is 1.67 bits per heavy atom. The smallest absolute Gasteiger partial charge is 0.261 e. The minimum Gasteiger partial charge on any atom is -0.495 e. The fraction of sp³-hybridized carbons (Fsp3) is 0.294. The first kappa shape index (κ1) is 19.6. The maximum atomic E-state index is 13.0. The number of ether oxygens (including phenoxy) is 2. The summed E-state index contributed by atoms with van der Waals surface area (Å²) in [5, 5.41) is 0. The molecular weight excluding hydrogens is 392 g/mol. The first-order valence-corrected chi connectivity index (χ1v) is 11.1. The Balaban J connectivity index is 1.96. The number of morpholine rings is 1. The predicted octanol–water partition coefficient (Wildman–Crippen LogP) is 1.52. The van der Waals surface area contributed by atoms with E-state index >= 15 is 0 Å². The molecule has 0 bridgehead atoms. The zero-order chi connectivity index (χ0) is 19.5. The highest BCUT2D eigenvalue weighted by molar-refractivity contribution is 7.92. The van der Waals surface area contributed by atoms with E-state index < -0.39 is 20.0 Å². The van der Waals surface area contributed by atoms with Crippen LogP contribution in [0.4, 0.5) is 5.69 Å². The Bertz CT molecular complexity index is 1000. The molecule has 1 N–H and O–H groups in total. The van der Waals surface area contributed by atoms with Crippen molar-refractivity contribution >= 4 is 25.7 Å². The van der Waals surface area contributed by atoms with E-state index in [1.165, 1.54) is 41.7 Å². The Morgan fingerprint density at radius 3 is 2.30 bits per heavy atom. The number of anilines is 1. The number of sulfonamides is 2. The van der Waals surface area contributed by atoms with Gasteiger partial charge in [0.1, 0.15) is 10.6 Å². The number of nitrogens with zero attached hydrogens (tertiary/aromatic N) is 1. The van der Waals surface area contributed by atoms with Gasteiger partial charge in [0, 0.05) is 13.1 Å². The lowest BCUT2D eigenvalue weighted by molar-refractivity contribution is 0.0729. The largest absolute Gasteiger partial charge is 0.495 e. The van der Waals surface area contributed by atoms with Crippen molar-refractivity contribution in [3.05, 3.63) is 48.5 Å². The molecule has 1 aliphatic rings. The molecule has 1 fully saturated rings. The molecule has 0 saturated carbocycles. The second-order valence-corrected chi connectivity index (χ2v) is 9.39. The average molecular weight is 412 g/mol. The molecule has 1 heterocycles. The van der Waals surface area contributed by atoms with E-state index in [2.05, 4.69) is 4.72 Å². The molecule has 146 valence electrons. The maximum Gasteiger partial charge on any atom is 0.261 e. The molecule has 0 aliphatic carbocycles. The minimum atomic E-state index is -3.85. The molecule has 0 aromatic heterocycles. The average Bonchev–Trinajstić information content (AvgIpc) is 2.69. The van der Waals surface area contributed by atoms with Crippen molar-refractivity contribution in [1.29, 1.82) is 0 Å². The third-order valence-electron chi connectivity index (χ3n) is 4.06. The van der Waals surface area contributed by atoms with Crippen LogP contribution in [0.2, 0.25) is 0 Å². The SMILES string of the molecule is COc1ccc(NS(=O)(=O)c2ccccc2)cc1S(=O)(=O)N1CCOCC1. The summed E-state index contributed by atoms with van der Waals surface area (Å²) in [6.07, 6.45) is 0. The third-order valence-corrected chi connectivity index (χ3v) is 7.37. The van der Waals surface area contributed by atoms with E-state index in [-0.39, 0.29) is 34.3 Å². The minimum absolute atomic E-state index is 0.0819. The molecule has 0 amide bonds. The van der Waals surface area contributed by atoms with Crippen molar-refractivity contribution in [3.63, 3.8) is 0 Å². The summed E-state index contributed by atoms with van der Waals surface area (Å²) in [7, 11) is -6.33. The van der Waals surface area contributed by atoms with Crippen LogP contribution in [0, 0.1) is 0 Å². The number of methoxy groups -OCH3 is 1. The number of nitrogens with one attached hydrogen (secondary N) is 1. The molecular formula is C17H20N2O6S2. The fourth-order valence-corrected chi connectivity index (χ4v) is 5.34. The number of benzene rings is 2. The zero-order valence-corrected chi connectivity index (χ0v) is 16.3. The lowest BCUT2D eigenvalue weighted by Gasteiger charge is -2.26. The van der Waals surface area contributed by atoms with Gasteiger partial charge in [-0.15, -0.1) is 0 Å². The van der Waals surface area contributed by atoms with E-state index in [1.807, 2.05) is 0 Å². The van der Waals surface area contributed by atoms with Crippen LogP contribution in [0.5, 0.6) is 5.75 Å². The van der Waals surface area contributed by atoms with E-state index in [0.29, 0.717) is 13.2 Å². The summed E-state index contributed by atoms with van der Waals surface area (Å²) < 4.78 is 65.0. The van der Waals surface area contributed by atoms with Crippen molar-refractivity contribution in [2.75, 3.05) is 38.1 Å². The number of rotatable bonds is 6. The normalized spacial score (nSPS) is 16.0. The summed E-state index contributed by atoms with van der Waals surface area (Å²) in [6, 6.07) is 12.0. The van der Waals surface area contributed by atoms with E-state index in [9.17, 15) is 16.8 Å². The van der Waals surface area contributed by atoms with Crippen molar-refractivity contribution in [1.82, 2.24) is 4.31 Å². The molecule has 0 radical (unpaired) electrons. The van der Waals surface area contributed by atoms with Crippen LogP contribution in [-0.2, 0) is 24.8 Å². The van der Waals surface area contributed by atoms with Gasteiger partial charge in [-0.25, -0.2) is 16.8 Å². The second-order valence-electron chi connectivity index (χ2n) is 5.80. The third kappa shape index (κ3) is 4.24. The Hall–Kier alpha value is -2.14. The van der Waals surface area contributed by atoms with E-state index in [0.717, 1.165) is 0 Å². The molecule has 10 heteroatoms. The van der Waals surface area contributed by atoms with Gasteiger partial charge in [-0.2, -0.15) is 4.31 Å². The van der Waals surface area contributed by atoms with Gasteiger partial charge in [0.2, 0.25) is 10.0 Å². The van der Waals surface area contributed by atoms with Crippen LogP contribution >= 0.6 is 0 Å². The van der Waals surface area contributed by atoms with Crippen molar-refractivity contribution in [3.8, 4) is 5.75 Å². The van der Waals surface area contributed by atoms with Gasteiger partial charge in [0.05, 0.1) is 30.9 Å². The van der Waals surface area contributed by atoms with Gasteiger partial charge in [-0.3, -0.25) is 4.72 Å². The van der Waals surface area contributed by atoms with Crippen LogP contribution in [-0.4, -0.2) is 54.6 Å². The van der Waals surface area contributed by atoms with Crippen molar-refractivity contribution in [2.45, 2.75) is 9.79 Å². The van der Waals surface area contributed by atoms with Crippen LogP contribution in [0.25, 0.3) is 0 Å². The lowest BCUT2D eigenvalue weighted by atomic mass is 10.3. The van der Waals surface area contributed by atoms with Crippen LogP contribution in [0.3, 0.4) is 0 Å². The van der Waals surface area contributed by atoms with Gasteiger partial charge in [0.15, 0.2) is 0 Å². The fourth-order valence-electron chi connectivity index (χ4n) is 2.68. The van der Waals surface area contributed by atoms with Gasteiger partial charge >= 0.3 is 0 Å². The molecule has 27 heavy (non-hydrogen) atoms. The molecule has 2 aromatic carbocycles. The van der Waals surface area contributed by atoms with Gasteiger partial charge in [0.25, 0.3) is 10.0 Å². The van der Waals surface area contributed by atoms with E-state index in [4.69, 9.17) is 9.47 Å². The molecule has 0 unspecified atom stereocenters. The summed E-state index contributed by atoms with van der Waals surface area (Å²) in [5.41, 5.74) is 0.131. The topological polar surface area (TPSA) is 102 Å². The van der Waals surface area contributed by atoms with Crippen LogP contribution < -0.4 is 9.46 Å². The molecule has 3 rings (SSSR count). The summed E-state index contributed by atoms with van der Waals surface area (Å²) in [6.45, 7) is 1.07. The number of hydrogen-bond donors (Lipinski definition) is 1. The van der Waals surface area contributed by atoms with E-state index in [1.54, 1.807) is 18.2 Å². The van der Waals surface area contributed by atoms with Crippen molar-refractivity contribution in [2.24, 2.45) is 0 Å². The molecule has 8 nitrogen and oxygen atoms in total. The molecule has 0 atom stereocenters. The Morgan fingerprint density at radius 1 is 1.00 bits per heavy atom. The van der Waals surface area contributed by atoms with Crippen LogP contribution in [0.1, 0.15) is 0 Å². The highest BCUT2D eigenvalue weighted by Gasteiger charge is 2.30. The number of hydrogen-bond acceptors (Lipinski definition) is 6. The Labute approximate surface area is 158 Å². The predicted molar refractivity (Wildman–Crippen MR) is 99.8 cm³/mol. The van der Waals surface area contributed by atoms with Crippen molar-refractivity contribution < 1.29 is 26.3 Å². The quantitative estimate of drug-likeness (QED) is 0.772. The second kappa shape index (κ2) is 7.85. The zero-order valence-electron chi connectivity index (χ0n) is 14.7. The summed E-state index contributed by atoms with van der Waals surface area (Å²) >= 11 is 0. The van der Waals surface area contributed by atoms with Gasteiger partial charge in [-0.1, -0.05) is 18.2 Å². The Kier molecular flexibility index (Phi) is 5.70. The standard InChI is InChI=1S/C17H20N2O6S2/c1-24-16-8-7-14(18-26(20,21)15-5-3-2-4-6-15)13-17(16)27(22,23)19-9-11-25-12-10-19/h2-8,13,18H,9-12H2,1H3. The van der Waals surface area contributed by atoms with Gasteiger partial charge in [-0.05, 0) is 30.3 Å². The first-order valence-electron chi connectivity index (χ1n) is 8.18. The van der Waals surface area contributed by atoms with Gasteiger partial charge < -0.3 is 9.47 Å². The summed E-state index contributed by atoms with van der Waals surface area (Å²) in [5.74, 6) is 0.143. The monoisotopic (exact) mass is 412 g/mol. The lowest BCUT2D eigenvalue weighted by Crippen LogP contribution is -2.40. The van der Waals surface area contributed by atoms with Crippen LogP contribution in [0.15, 0.2) is 58.3 Å². The highest BCUT2D eigenvalue weighted by Crippen LogP contribution is 2.31. The highest BCUT2D eigenvalue weighted by atomic mass is 32.2. The summed E-state index contributed by atoms with van der Waals surface area (Å²) in [4.78, 5) is -0.0152. The molecule has 1 saturated heterocycles. The maximum absolute atomic E-state index is 13.0. The molecule has 0 spiro atoms. The molecule has 2 aromatic rings. The molecule has 1 aliphatic heterocycles. The first-order chi connectivity index (χ1) is 12.8.